The average molecular weight is 367 g/mol. The third kappa shape index (κ3) is 3.85. The van der Waals surface area contributed by atoms with Gasteiger partial charge < -0.3 is 10.2 Å². The summed E-state index contributed by atoms with van der Waals surface area (Å²) in [6.45, 7) is 3.49. The monoisotopic (exact) mass is 366 g/mol. The van der Waals surface area contributed by atoms with Crippen LogP contribution in [0.5, 0.6) is 11.5 Å². The second-order valence-electron chi connectivity index (χ2n) is 5.90. The summed E-state index contributed by atoms with van der Waals surface area (Å²) in [5.41, 5.74) is 2.75. The van der Waals surface area contributed by atoms with Crippen LogP contribution in [0.25, 0.3) is 0 Å². The van der Waals surface area contributed by atoms with Crippen LogP contribution in [-0.4, -0.2) is 16.0 Å². The van der Waals surface area contributed by atoms with Crippen molar-refractivity contribution in [1.82, 2.24) is 0 Å². The van der Waals surface area contributed by atoms with Crippen molar-refractivity contribution in [2.24, 2.45) is 0 Å². The standard InChI is InChI=1S/C19H20Cl2O3/c1-11(15-7-13(9-20)3-5-17(15)22)19(24)12(2)16-8-14(10-21)4-6-18(16)23/h3-8,11-12,22-23H,9-10H2,1-2H3. The fraction of sp³-hybridized carbons (Fsp3) is 0.316. The molecule has 2 aromatic carbocycles. The second-order valence-corrected chi connectivity index (χ2v) is 6.43. The number of alkyl halides is 2. The Hall–Kier alpha value is -1.71. The molecule has 2 N–H and O–H groups in total. The Bertz CT molecular complexity index is 682. The highest BCUT2D eigenvalue weighted by Crippen LogP contribution is 2.35. The van der Waals surface area contributed by atoms with Crippen molar-refractivity contribution in [2.45, 2.75) is 37.4 Å². The first-order valence-corrected chi connectivity index (χ1v) is 8.75. The molecule has 0 spiro atoms. The molecule has 2 unspecified atom stereocenters. The first-order valence-electron chi connectivity index (χ1n) is 7.68. The van der Waals surface area contributed by atoms with E-state index >= 15 is 0 Å². The summed E-state index contributed by atoms with van der Waals surface area (Å²) in [7, 11) is 0. The van der Waals surface area contributed by atoms with Crippen LogP contribution in [0, 0.1) is 0 Å². The van der Waals surface area contributed by atoms with Gasteiger partial charge in [0.15, 0.2) is 0 Å². The average Bonchev–Trinajstić information content (AvgIpc) is 2.60. The van der Waals surface area contributed by atoms with Crippen molar-refractivity contribution >= 4 is 29.0 Å². The van der Waals surface area contributed by atoms with E-state index in [1.807, 2.05) is 0 Å². The fourth-order valence-electron chi connectivity index (χ4n) is 2.75. The third-order valence-corrected chi connectivity index (χ3v) is 4.90. The number of aromatic hydroxyl groups is 2. The predicted octanol–water partition coefficient (Wildman–Crippen LogP) is 5.05. The van der Waals surface area contributed by atoms with Crippen LogP contribution in [-0.2, 0) is 16.6 Å². The largest absolute Gasteiger partial charge is 0.508 e. The minimum absolute atomic E-state index is 0.0654. The lowest BCUT2D eigenvalue weighted by Crippen LogP contribution is -2.17. The molecule has 3 nitrogen and oxygen atoms in total. The molecule has 5 heteroatoms. The summed E-state index contributed by atoms with van der Waals surface area (Å²) in [6, 6.07) is 10.0. The van der Waals surface area contributed by atoms with E-state index in [1.54, 1.807) is 50.2 Å². The summed E-state index contributed by atoms with van der Waals surface area (Å²) < 4.78 is 0. The van der Waals surface area contributed by atoms with E-state index in [-0.39, 0.29) is 17.3 Å². The summed E-state index contributed by atoms with van der Waals surface area (Å²) in [5.74, 6) is -0.403. The van der Waals surface area contributed by atoms with Crippen molar-refractivity contribution in [3.8, 4) is 11.5 Å². The van der Waals surface area contributed by atoms with Crippen molar-refractivity contribution in [3.63, 3.8) is 0 Å². The molecule has 128 valence electrons. The summed E-state index contributed by atoms with van der Waals surface area (Å²) in [5, 5.41) is 20.2. The van der Waals surface area contributed by atoms with Crippen LogP contribution in [0.2, 0.25) is 0 Å². The summed E-state index contributed by atoms with van der Waals surface area (Å²) in [6.07, 6.45) is 0. The minimum Gasteiger partial charge on any atom is -0.508 e. The first kappa shape index (κ1) is 18.6. The Morgan fingerprint density at radius 2 is 1.25 bits per heavy atom. The smallest absolute Gasteiger partial charge is 0.147 e. The normalized spacial score (nSPS) is 13.5. The van der Waals surface area contributed by atoms with Crippen LogP contribution >= 0.6 is 23.2 Å². The molecule has 0 saturated carbocycles. The number of benzene rings is 2. The zero-order valence-electron chi connectivity index (χ0n) is 13.6. The molecule has 2 rings (SSSR count). The molecule has 0 heterocycles. The number of phenolic OH excluding ortho intramolecular Hbond substituents is 2. The molecule has 0 radical (unpaired) electrons. The van der Waals surface area contributed by atoms with E-state index < -0.39 is 11.8 Å². The molecule has 0 bridgehead atoms. The number of phenols is 2. The number of hydrogen-bond donors (Lipinski definition) is 2. The molecule has 2 atom stereocenters. The third-order valence-electron chi connectivity index (χ3n) is 4.28. The van der Waals surface area contributed by atoms with Crippen LogP contribution in [0.4, 0.5) is 0 Å². The van der Waals surface area contributed by atoms with Gasteiger partial charge in [-0.15, -0.1) is 23.2 Å². The van der Waals surface area contributed by atoms with E-state index in [9.17, 15) is 15.0 Å². The zero-order chi connectivity index (χ0) is 17.9. The SMILES string of the molecule is CC(C(=O)C(C)c1cc(CCl)ccc1O)c1cc(CCl)ccc1O. The van der Waals surface area contributed by atoms with Gasteiger partial charge in [-0.3, -0.25) is 4.79 Å². The van der Waals surface area contributed by atoms with Gasteiger partial charge in [-0.25, -0.2) is 0 Å². The topological polar surface area (TPSA) is 57.5 Å². The summed E-state index contributed by atoms with van der Waals surface area (Å²) >= 11 is 11.7. The van der Waals surface area contributed by atoms with Crippen molar-refractivity contribution in [2.75, 3.05) is 0 Å². The molecule has 0 aromatic heterocycles. The van der Waals surface area contributed by atoms with Crippen LogP contribution in [0.3, 0.4) is 0 Å². The van der Waals surface area contributed by atoms with E-state index in [2.05, 4.69) is 0 Å². The molecular weight excluding hydrogens is 347 g/mol. The fourth-order valence-corrected chi connectivity index (χ4v) is 3.08. The van der Waals surface area contributed by atoms with Gasteiger partial charge in [0.1, 0.15) is 17.3 Å². The van der Waals surface area contributed by atoms with E-state index in [1.165, 1.54) is 0 Å². The van der Waals surface area contributed by atoms with Crippen molar-refractivity contribution in [1.29, 1.82) is 0 Å². The highest BCUT2D eigenvalue weighted by Gasteiger charge is 2.26. The Balaban J connectivity index is 2.34. The number of carbonyl (C=O) groups is 1. The number of rotatable bonds is 6. The molecule has 0 aliphatic heterocycles. The number of Topliss-reactive ketones (excluding diaryl/α,β-unsaturated/α-hetero) is 1. The van der Waals surface area contributed by atoms with Gasteiger partial charge in [0.05, 0.1) is 0 Å². The maximum absolute atomic E-state index is 12.9. The maximum atomic E-state index is 12.9. The van der Waals surface area contributed by atoms with E-state index in [0.717, 1.165) is 11.1 Å². The molecule has 0 aliphatic carbocycles. The number of halogens is 2. The van der Waals surface area contributed by atoms with Gasteiger partial charge in [-0.05, 0) is 23.3 Å². The molecular formula is C19H20Cl2O3. The Kier molecular flexibility index (Phi) is 6.14. The van der Waals surface area contributed by atoms with Crippen molar-refractivity contribution < 1.29 is 15.0 Å². The number of ketones is 1. The molecule has 0 amide bonds. The Morgan fingerprint density at radius 3 is 1.58 bits per heavy atom. The Morgan fingerprint density at radius 1 is 0.875 bits per heavy atom. The molecule has 2 aromatic rings. The van der Waals surface area contributed by atoms with Gasteiger partial charge in [0, 0.05) is 34.7 Å². The lowest BCUT2D eigenvalue weighted by molar-refractivity contribution is -0.121. The molecule has 0 saturated heterocycles. The van der Waals surface area contributed by atoms with Crippen LogP contribution in [0.1, 0.15) is 47.9 Å². The number of hydrogen-bond acceptors (Lipinski definition) is 3. The predicted molar refractivity (Wildman–Crippen MR) is 97.2 cm³/mol. The van der Waals surface area contributed by atoms with Gasteiger partial charge in [-0.1, -0.05) is 38.1 Å². The first-order chi connectivity index (χ1) is 11.4. The van der Waals surface area contributed by atoms with Gasteiger partial charge in [-0.2, -0.15) is 0 Å². The van der Waals surface area contributed by atoms with Crippen molar-refractivity contribution in [3.05, 3.63) is 58.7 Å². The van der Waals surface area contributed by atoms with Crippen LogP contribution in [0.15, 0.2) is 36.4 Å². The van der Waals surface area contributed by atoms with E-state index in [0.29, 0.717) is 22.9 Å². The van der Waals surface area contributed by atoms with Crippen LogP contribution < -0.4 is 0 Å². The number of carbonyl (C=O) groups excluding carboxylic acids is 1. The quantitative estimate of drug-likeness (QED) is 0.703. The molecule has 0 aliphatic rings. The molecule has 24 heavy (non-hydrogen) atoms. The lowest BCUT2D eigenvalue weighted by atomic mass is 9.84. The second kappa shape index (κ2) is 7.91. The highest BCUT2D eigenvalue weighted by molar-refractivity contribution is 6.17. The Labute approximate surface area is 151 Å². The highest BCUT2D eigenvalue weighted by atomic mass is 35.5. The van der Waals surface area contributed by atoms with Gasteiger partial charge in [0.25, 0.3) is 0 Å². The minimum atomic E-state index is -0.526. The molecule has 0 fully saturated rings. The lowest BCUT2D eigenvalue weighted by Gasteiger charge is -2.19. The van der Waals surface area contributed by atoms with E-state index in [4.69, 9.17) is 23.2 Å². The zero-order valence-corrected chi connectivity index (χ0v) is 15.1. The maximum Gasteiger partial charge on any atom is 0.147 e. The van der Waals surface area contributed by atoms with Gasteiger partial charge in [0.2, 0.25) is 0 Å². The summed E-state index contributed by atoms with van der Waals surface area (Å²) in [4.78, 5) is 12.9. The van der Waals surface area contributed by atoms with Gasteiger partial charge >= 0.3 is 0 Å².